The lowest BCUT2D eigenvalue weighted by molar-refractivity contribution is -0.163. The molecule has 0 aliphatic carbocycles. The molecule has 18 heteroatoms. The molecule has 18 nitrogen and oxygen atoms in total. The van der Waals surface area contributed by atoms with Crippen molar-refractivity contribution in [3.8, 4) is 0 Å². The number of hydrogen-bond donors (Lipinski definition) is 3. The molecule has 0 aromatic carbocycles. The first-order valence-electron chi connectivity index (χ1n) is 17.4. The van der Waals surface area contributed by atoms with Crippen LogP contribution in [0.2, 0.25) is 0 Å². The maximum atomic E-state index is 12.5. The first-order chi connectivity index (χ1) is 25.7. The lowest BCUT2D eigenvalue weighted by atomic mass is 9.88. The van der Waals surface area contributed by atoms with Crippen LogP contribution in [0.15, 0.2) is 36.5 Å². The van der Waals surface area contributed by atoms with E-state index >= 15 is 0 Å². The highest BCUT2D eigenvalue weighted by Crippen LogP contribution is 2.25. The molecular weight excluding hydrogens is 720 g/mol. The molecule has 0 spiro atoms. The van der Waals surface area contributed by atoms with Crippen molar-refractivity contribution in [2.75, 3.05) is 39.6 Å². The number of unbranched alkanes of at least 4 members (excludes halogenated alkanes) is 6. The second kappa shape index (κ2) is 30.0. The molecule has 0 aliphatic rings. The van der Waals surface area contributed by atoms with Crippen LogP contribution in [0, 0.1) is 5.41 Å². The molecule has 0 unspecified atom stereocenters. The van der Waals surface area contributed by atoms with Crippen molar-refractivity contribution in [3.63, 3.8) is 0 Å². The summed E-state index contributed by atoms with van der Waals surface area (Å²) in [6.07, 6.45) is 8.75. The predicted molar refractivity (Wildman–Crippen MR) is 184 cm³/mol. The van der Waals surface area contributed by atoms with Gasteiger partial charge in [-0.2, -0.15) is 0 Å². The van der Waals surface area contributed by atoms with Gasteiger partial charge in [-0.3, -0.25) is 14.4 Å². The lowest BCUT2D eigenvalue weighted by Crippen LogP contribution is -2.39. The topological polar surface area (TPSA) is 270 Å². The summed E-state index contributed by atoms with van der Waals surface area (Å²) in [6.45, 7) is 1.19. The Morgan fingerprint density at radius 3 is 0.926 bits per heavy atom. The molecule has 0 amide bonds. The van der Waals surface area contributed by atoms with Crippen LogP contribution in [0.4, 0.5) is 0 Å². The molecule has 0 aliphatic heterocycles. The van der Waals surface area contributed by atoms with E-state index in [1.165, 1.54) is 0 Å². The summed E-state index contributed by atoms with van der Waals surface area (Å²) >= 11 is 0. The largest absolute Gasteiger partial charge is 0.478 e. The van der Waals surface area contributed by atoms with Crippen molar-refractivity contribution >= 4 is 53.7 Å². The van der Waals surface area contributed by atoms with Gasteiger partial charge < -0.3 is 43.7 Å². The Balaban J connectivity index is 4.91. The Hall–Kier alpha value is -5.55. The molecule has 0 radical (unpaired) electrons. The Morgan fingerprint density at radius 1 is 0.407 bits per heavy atom. The van der Waals surface area contributed by atoms with Crippen LogP contribution < -0.4 is 0 Å². The van der Waals surface area contributed by atoms with Crippen LogP contribution >= 0.6 is 0 Å². The highest BCUT2D eigenvalue weighted by Gasteiger charge is 2.34. The lowest BCUT2D eigenvalue weighted by Gasteiger charge is -2.31. The van der Waals surface area contributed by atoms with Crippen LogP contribution in [-0.2, 0) is 71.6 Å². The van der Waals surface area contributed by atoms with Gasteiger partial charge in [0.2, 0.25) is 0 Å². The predicted octanol–water partition coefficient (Wildman–Crippen LogP) is 3.25. The number of aliphatic carboxylic acids is 3. The number of carbonyl (C=O) groups is 9. The minimum atomic E-state index is -1.28. The van der Waals surface area contributed by atoms with Gasteiger partial charge in [0.05, 0.1) is 25.2 Å². The van der Waals surface area contributed by atoms with Gasteiger partial charge in [-0.1, -0.05) is 6.92 Å². The zero-order valence-electron chi connectivity index (χ0n) is 30.4. The molecule has 54 heavy (non-hydrogen) atoms. The van der Waals surface area contributed by atoms with E-state index < -0.39 is 59.1 Å². The number of esters is 6. The van der Waals surface area contributed by atoms with Gasteiger partial charge in [0, 0.05) is 55.7 Å². The molecule has 0 fully saturated rings. The highest BCUT2D eigenvalue weighted by atomic mass is 16.6. The zero-order chi connectivity index (χ0) is 40.6. The summed E-state index contributed by atoms with van der Waals surface area (Å²) in [7, 11) is 0. The fourth-order valence-electron chi connectivity index (χ4n) is 4.07. The molecule has 302 valence electrons. The summed E-state index contributed by atoms with van der Waals surface area (Å²) in [5.74, 6) is -7.89. The van der Waals surface area contributed by atoms with Crippen molar-refractivity contribution in [1.29, 1.82) is 0 Å². The van der Waals surface area contributed by atoms with E-state index in [-0.39, 0.29) is 58.9 Å². The van der Waals surface area contributed by atoms with Gasteiger partial charge >= 0.3 is 53.7 Å². The Morgan fingerprint density at radius 2 is 0.685 bits per heavy atom. The quantitative estimate of drug-likeness (QED) is 0.0395. The van der Waals surface area contributed by atoms with Gasteiger partial charge in [0.15, 0.2) is 0 Å². The van der Waals surface area contributed by atoms with Crippen molar-refractivity contribution < 1.29 is 86.9 Å². The minimum Gasteiger partial charge on any atom is -0.478 e. The fraction of sp³-hybridized carbons (Fsp3) is 0.583. The van der Waals surface area contributed by atoms with Crippen molar-refractivity contribution in [2.45, 2.75) is 90.4 Å². The van der Waals surface area contributed by atoms with Crippen molar-refractivity contribution in [3.05, 3.63) is 36.5 Å². The van der Waals surface area contributed by atoms with Crippen molar-refractivity contribution in [1.82, 2.24) is 0 Å². The van der Waals surface area contributed by atoms with E-state index in [1.807, 2.05) is 0 Å². The highest BCUT2D eigenvalue weighted by molar-refractivity contribution is 5.91. The molecule has 3 N–H and O–H groups in total. The molecular formula is C36H50O18. The second-order valence-electron chi connectivity index (χ2n) is 11.8. The molecule has 0 atom stereocenters. The van der Waals surface area contributed by atoms with Crippen LogP contribution in [0.1, 0.15) is 90.4 Å². The SMILES string of the molecule is CCC(COC(=O)CCCCCOC(=O)/C=C\C(=O)O)(COC(=O)CCCCCOC(=O)/C=C\C(=O)O)COC(=O)CCCCCOC(=O)/C=C\C(=O)O. The molecule has 0 bridgehead atoms. The van der Waals surface area contributed by atoms with Crippen LogP contribution in [0.25, 0.3) is 0 Å². The van der Waals surface area contributed by atoms with Crippen LogP contribution in [0.5, 0.6) is 0 Å². The number of carboxylic acids is 3. The fourth-order valence-corrected chi connectivity index (χ4v) is 4.07. The number of ether oxygens (including phenoxy) is 6. The van der Waals surface area contributed by atoms with E-state index in [0.29, 0.717) is 82.4 Å². The maximum absolute atomic E-state index is 12.5. The van der Waals surface area contributed by atoms with E-state index in [4.69, 9.17) is 43.7 Å². The van der Waals surface area contributed by atoms with E-state index in [0.717, 1.165) is 18.2 Å². The molecule has 0 aromatic heterocycles. The third kappa shape index (κ3) is 29.1. The Labute approximate surface area is 312 Å². The molecule has 0 aromatic rings. The summed E-state index contributed by atoms with van der Waals surface area (Å²) in [5, 5.41) is 25.6. The molecule has 0 saturated carbocycles. The van der Waals surface area contributed by atoms with E-state index in [9.17, 15) is 43.2 Å². The van der Waals surface area contributed by atoms with Gasteiger partial charge in [-0.15, -0.1) is 0 Å². The standard InChI is InChI=1S/C36H50O18/c1-2-36(24-52-30(43)12-6-3-9-21-49-33(46)18-15-27(37)38,25-53-31(44)13-7-4-10-22-50-34(47)19-16-28(39)40)26-54-32(45)14-8-5-11-23-51-35(48)20-17-29(41)42/h15-20H,2-14,21-26H2,1H3,(H,37,38)(H,39,40)(H,41,42)/b18-15-,19-16-,20-17-. The van der Waals surface area contributed by atoms with E-state index in [1.54, 1.807) is 6.92 Å². The normalized spacial score (nSPS) is 11.3. The third-order valence-electron chi connectivity index (χ3n) is 7.26. The average Bonchev–Trinajstić information content (AvgIpc) is 3.13. The monoisotopic (exact) mass is 770 g/mol. The smallest absolute Gasteiger partial charge is 0.331 e. The van der Waals surface area contributed by atoms with Crippen molar-refractivity contribution in [2.24, 2.45) is 5.41 Å². The van der Waals surface area contributed by atoms with E-state index in [2.05, 4.69) is 0 Å². The summed E-state index contributed by atoms with van der Waals surface area (Å²) in [6, 6.07) is 0. The molecule has 0 saturated heterocycles. The van der Waals surface area contributed by atoms with Gasteiger partial charge in [0.25, 0.3) is 0 Å². The Bertz CT molecular complexity index is 1170. The van der Waals surface area contributed by atoms with Crippen LogP contribution in [0.3, 0.4) is 0 Å². The van der Waals surface area contributed by atoms with Crippen LogP contribution in [-0.4, -0.2) is 109 Å². The minimum absolute atomic E-state index is 0.0303. The average molecular weight is 771 g/mol. The molecule has 0 rings (SSSR count). The maximum Gasteiger partial charge on any atom is 0.331 e. The number of carbonyl (C=O) groups excluding carboxylic acids is 6. The summed E-state index contributed by atoms with van der Waals surface area (Å²) in [5.41, 5.74) is -1.06. The third-order valence-corrected chi connectivity index (χ3v) is 7.26. The van der Waals surface area contributed by atoms with Gasteiger partial charge in [-0.05, 0) is 64.2 Å². The number of hydrogen-bond acceptors (Lipinski definition) is 15. The zero-order valence-corrected chi connectivity index (χ0v) is 30.4. The number of carboxylic acid groups (broad SMARTS) is 3. The first kappa shape index (κ1) is 48.5. The first-order valence-corrected chi connectivity index (χ1v) is 17.4. The number of rotatable bonds is 31. The van der Waals surface area contributed by atoms with Gasteiger partial charge in [0.1, 0.15) is 19.8 Å². The Kier molecular flexibility index (Phi) is 26.9. The summed E-state index contributed by atoms with van der Waals surface area (Å²) in [4.78, 5) is 103. The molecule has 0 heterocycles. The van der Waals surface area contributed by atoms with Gasteiger partial charge in [-0.25, -0.2) is 28.8 Å². The second-order valence-corrected chi connectivity index (χ2v) is 11.8. The summed E-state index contributed by atoms with van der Waals surface area (Å²) < 4.78 is 31.1.